The van der Waals surface area contributed by atoms with Crippen molar-refractivity contribution in [2.75, 3.05) is 33.8 Å². The molecule has 5 nitrogen and oxygen atoms in total. The van der Waals surface area contributed by atoms with E-state index in [0.29, 0.717) is 0 Å². The molecule has 0 aliphatic carbocycles. The lowest BCUT2D eigenvalue weighted by atomic mass is 10.0. The maximum atomic E-state index is 5.26. The topological polar surface area (TPSA) is 48.9 Å². The number of aliphatic imine (C=N–C) groups is 1. The van der Waals surface area contributed by atoms with Gasteiger partial charge < -0.3 is 20.3 Å². The van der Waals surface area contributed by atoms with E-state index in [-0.39, 0.29) is 0 Å². The van der Waals surface area contributed by atoms with Crippen molar-refractivity contribution in [3.8, 4) is 5.75 Å². The smallest absolute Gasteiger partial charge is 0.191 e. The molecule has 0 aromatic heterocycles. The minimum atomic E-state index is 0.736. The quantitative estimate of drug-likeness (QED) is 0.458. The van der Waals surface area contributed by atoms with Gasteiger partial charge >= 0.3 is 0 Å². The zero-order valence-corrected chi connectivity index (χ0v) is 15.3. The van der Waals surface area contributed by atoms with Gasteiger partial charge in [0.15, 0.2) is 5.96 Å². The Balaban J connectivity index is 1.66. The zero-order valence-electron chi connectivity index (χ0n) is 15.3. The number of methoxy groups -OCH3 is 1. The summed E-state index contributed by atoms with van der Waals surface area (Å²) in [6.45, 7) is 6.45. The van der Waals surface area contributed by atoms with Crippen LogP contribution in [-0.2, 0) is 6.54 Å². The van der Waals surface area contributed by atoms with Crippen molar-refractivity contribution in [3.63, 3.8) is 0 Å². The van der Waals surface area contributed by atoms with Crippen LogP contribution in [0, 0.1) is 0 Å². The van der Waals surface area contributed by atoms with E-state index in [9.17, 15) is 0 Å². The SMILES string of the molecule is CN=C(NCCCN1CCCCC1C)NCc1cccc(OC)c1. The highest BCUT2D eigenvalue weighted by Gasteiger charge is 2.17. The van der Waals surface area contributed by atoms with Gasteiger partial charge in [0.05, 0.1) is 7.11 Å². The molecule has 0 saturated carbocycles. The lowest BCUT2D eigenvalue weighted by molar-refractivity contribution is 0.159. The van der Waals surface area contributed by atoms with E-state index >= 15 is 0 Å². The Morgan fingerprint density at radius 1 is 1.33 bits per heavy atom. The third-order valence-electron chi connectivity index (χ3n) is 4.67. The normalized spacial score (nSPS) is 19.1. The first kappa shape index (κ1) is 18.6. The molecule has 1 heterocycles. The monoisotopic (exact) mass is 332 g/mol. The molecule has 1 aliphatic heterocycles. The number of benzene rings is 1. The highest BCUT2D eigenvalue weighted by atomic mass is 16.5. The molecule has 0 radical (unpaired) electrons. The number of ether oxygens (including phenoxy) is 1. The second kappa shape index (κ2) is 10.2. The molecule has 0 spiro atoms. The van der Waals surface area contributed by atoms with Crippen LogP contribution in [-0.4, -0.2) is 50.7 Å². The fourth-order valence-electron chi connectivity index (χ4n) is 3.17. The van der Waals surface area contributed by atoms with Gasteiger partial charge in [-0.15, -0.1) is 0 Å². The number of rotatable bonds is 7. The first-order valence-corrected chi connectivity index (χ1v) is 9.04. The number of hydrogen-bond acceptors (Lipinski definition) is 3. The Kier molecular flexibility index (Phi) is 7.89. The number of nitrogens with one attached hydrogen (secondary N) is 2. The molecule has 1 unspecified atom stereocenters. The minimum Gasteiger partial charge on any atom is -0.497 e. The fourth-order valence-corrected chi connectivity index (χ4v) is 3.17. The summed E-state index contributed by atoms with van der Waals surface area (Å²) in [6, 6.07) is 8.83. The highest BCUT2D eigenvalue weighted by Crippen LogP contribution is 2.16. The van der Waals surface area contributed by atoms with Gasteiger partial charge in [0.1, 0.15) is 5.75 Å². The van der Waals surface area contributed by atoms with Gasteiger partial charge in [-0.1, -0.05) is 18.6 Å². The molecular formula is C19H32N4O. The first-order valence-electron chi connectivity index (χ1n) is 9.04. The fraction of sp³-hybridized carbons (Fsp3) is 0.632. The van der Waals surface area contributed by atoms with Crippen LogP contribution in [0.15, 0.2) is 29.3 Å². The van der Waals surface area contributed by atoms with Crippen LogP contribution in [0.1, 0.15) is 38.2 Å². The van der Waals surface area contributed by atoms with Crippen molar-refractivity contribution in [1.82, 2.24) is 15.5 Å². The Morgan fingerprint density at radius 3 is 2.96 bits per heavy atom. The molecule has 1 saturated heterocycles. The van der Waals surface area contributed by atoms with E-state index in [1.165, 1.54) is 37.9 Å². The van der Waals surface area contributed by atoms with Crippen LogP contribution < -0.4 is 15.4 Å². The summed E-state index contributed by atoms with van der Waals surface area (Å²) in [7, 11) is 3.50. The maximum absolute atomic E-state index is 5.26. The van der Waals surface area contributed by atoms with E-state index in [2.05, 4.69) is 33.5 Å². The van der Waals surface area contributed by atoms with Gasteiger partial charge in [-0.05, 0) is 50.4 Å². The molecule has 5 heteroatoms. The van der Waals surface area contributed by atoms with E-state index in [0.717, 1.165) is 37.3 Å². The van der Waals surface area contributed by atoms with Gasteiger partial charge in [0.25, 0.3) is 0 Å². The van der Waals surface area contributed by atoms with Crippen LogP contribution in [0.2, 0.25) is 0 Å². The Bertz CT molecular complexity index is 518. The molecule has 1 fully saturated rings. The number of hydrogen-bond donors (Lipinski definition) is 2. The number of piperidine rings is 1. The summed E-state index contributed by atoms with van der Waals surface area (Å²) in [5.74, 6) is 1.73. The van der Waals surface area contributed by atoms with Crippen molar-refractivity contribution in [1.29, 1.82) is 0 Å². The average molecular weight is 332 g/mol. The largest absolute Gasteiger partial charge is 0.497 e. The van der Waals surface area contributed by atoms with Gasteiger partial charge in [0, 0.05) is 32.7 Å². The molecule has 1 aliphatic rings. The summed E-state index contributed by atoms with van der Waals surface area (Å²) >= 11 is 0. The molecular weight excluding hydrogens is 300 g/mol. The van der Waals surface area contributed by atoms with Gasteiger partial charge in [-0.3, -0.25) is 4.99 Å². The maximum Gasteiger partial charge on any atom is 0.191 e. The molecule has 1 aromatic rings. The van der Waals surface area contributed by atoms with Crippen LogP contribution >= 0.6 is 0 Å². The molecule has 1 atom stereocenters. The van der Waals surface area contributed by atoms with Crippen LogP contribution in [0.3, 0.4) is 0 Å². The van der Waals surface area contributed by atoms with Crippen molar-refractivity contribution >= 4 is 5.96 Å². The van der Waals surface area contributed by atoms with Crippen molar-refractivity contribution in [2.45, 2.75) is 45.2 Å². The predicted octanol–water partition coefficient (Wildman–Crippen LogP) is 2.62. The summed E-state index contributed by atoms with van der Waals surface area (Å²) in [4.78, 5) is 6.90. The standard InChI is InChI=1S/C19H32N4O/c1-16-8-4-5-12-23(16)13-7-11-21-19(20-2)22-15-17-9-6-10-18(14-17)24-3/h6,9-10,14,16H,4-5,7-8,11-13,15H2,1-3H3,(H2,20,21,22). The predicted molar refractivity (Wildman–Crippen MR) is 101 cm³/mol. The summed E-state index contributed by atoms with van der Waals surface area (Å²) < 4.78 is 5.26. The second-order valence-electron chi connectivity index (χ2n) is 6.44. The van der Waals surface area contributed by atoms with E-state index in [1.807, 2.05) is 25.2 Å². The van der Waals surface area contributed by atoms with Gasteiger partial charge in [-0.25, -0.2) is 0 Å². The van der Waals surface area contributed by atoms with Gasteiger partial charge in [-0.2, -0.15) is 0 Å². The molecule has 0 bridgehead atoms. The molecule has 24 heavy (non-hydrogen) atoms. The van der Waals surface area contributed by atoms with Crippen LogP contribution in [0.5, 0.6) is 5.75 Å². The summed E-state index contributed by atoms with van der Waals surface area (Å²) in [5, 5.41) is 6.76. The third-order valence-corrected chi connectivity index (χ3v) is 4.67. The van der Waals surface area contributed by atoms with Gasteiger partial charge in [0.2, 0.25) is 0 Å². The first-order chi connectivity index (χ1) is 11.7. The molecule has 2 rings (SSSR count). The highest BCUT2D eigenvalue weighted by molar-refractivity contribution is 5.79. The zero-order chi connectivity index (χ0) is 17.2. The third kappa shape index (κ3) is 6.04. The summed E-state index contributed by atoms with van der Waals surface area (Å²) in [6.07, 6.45) is 5.22. The lowest BCUT2D eigenvalue weighted by Gasteiger charge is -2.33. The number of nitrogens with zero attached hydrogens (tertiary/aromatic N) is 2. The van der Waals surface area contributed by atoms with Crippen LogP contribution in [0.4, 0.5) is 0 Å². The van der Waals surface area contributed by atoms with Crippen molar-refractivity contribution < 1.29 is 4.74 Å². The van der Waals surface area contributed by atoms with E-state index < -0.39 is 0 Å². The Labute approximate surface area is 146 Å². The number of likely N-dealkylation sites (tertiary alicyclic amines) is 1. The van der Waals surface area contributed by atoms with E-state index in [1.54, 1.807) is 7.11 Å². The van der Waals surface area contributed by atoms with Crippen molar-refractivity contribution in [3.05, 3.63) is 29.8 Å². The Morgan fingerprint density at radius 2 is 2.21 bits per heavy atom. The molecule has 0 amide bonds. The second-order valence-corrected chi connectivity index (χ2v) is 6.44. The minimum absolute atomic E-state index is 0.736. The summed E-state index contributed by atoms with van der Waals surface area (Å²) in [5.41, 5.74) is 1.18. The molecule has 2 N–H and O–H groups in total. The van der Waals surface area contributed by atoms with Crippen LogP contribution in [0.25, 0.3) is 0 Å². The Hall–Kier alpha value is -1.75. The van der Waals surface area contributed by atoms with E-state index in [4.69, 9.17) is 4.74 Å². The average Bonchev–Trinajstić information content (AvgIpc) is 2.62. The lowest BCUT2D eigenvalue weighted by Crippen LogP contribution is -2.41. The molecule has 134 valence electrons. The number of guanidine groups is 1. The molecule has 1 aromatic carbocycles. The van der Waals surface area contributed by atoms with Crippen molar-refractivity contribution in [2.24, 2.45) is 4.99 Å².